The van der Waals surface area contributed by atoms with Crippen LogP contribution in [0.3, 0.4) is 0 Å². The topological polar surface area (TPSA) is 87.9 Å². The first-order chi connectivity index (χ1) is 14.1. The Labute approximate surface area is 168 Å². The standard InChI is InChI=1S/C21H25N5O3/c27-18(13-26-20(28)15-5-1-2-6-16(15)21(26)29)24-11-8-14(9-12-24)19-23-22-17-7-3-4-10-25(17)19/h3-4,7,10,14-16H,1-2,5-6,8-9,11-13H2/t15-,16-/m1/s1. The fraction of sp³-hybridized carbons (Fsp3) is 0.571. The Morgan fingerprint density at radius 2 is 1.66 bits per heavy atom. The zero-order valence-corrected chi connectivity index (χ0v) is 16.4. The number of likely N-dealkylation sites (tertiary alicyclic amines) is 2. The van der Waals surface area contributed by atoms with E-state index in [9.17, 15) is 14.4 Å². The number of carbonyl (C=O) groups is 3. The van der Waals surface area contributed by atoms with Gasteiger partial charge in [-0.2, -0.15) is 0 Å². The van der Waals surface area contributed by atoms with Gasteiger partial charge in [-0.25, -0.2) is 0 Å². The van der Waals surface area contributed by atoms with E-state index in [0.29, 0.717) is 13.1 Å². The average Bonchev–Trinajstić information content (AvgIpc) is 3.29. The Kier molecular flexibility index (Phi) is 4.56. The highest BCUT2D eigenvalue weighted by atomic mass is 16.2. The minimum absolute atomic E-state index is 0.108. The van der Waals surface area contributed by atoms with E-state index in [4.69, 9.17) is 0 Å². The van der Waals surface area contributed by atoms with E-state index >= 15 is 0 Å². The largest absolute Gasteiger partial charge is 0.341 e. The van der Waals surface area contributed by atoms with Crippen molar-refractivity contribution < 1.29 is 14.4 Å². The van der Waals surface area contributed by atoms with Crippen molar-refractivity contribution >= 4 is 23.4 Å². The molecule has 152 valence electrons. The van der Waals surface area contributed by atoms with Gasteiger partial charge in [0.15, 0.2) is 5.65 Å². The molecule has 3 aliphatic rings. The molecule has 0 unspecified atom stereocenters. The number of rotatable bonds is 3. The van der Waals surface area contributed by atoms with Gasteiger partial charge < -0.3 is 4.90 Å². The molecule has 2 aromatic rings. The van der Waals surface area contributed by atoms with Gasteiger partial charge in [0.1, 0.15) is 12.4 Å². The zero-order valence-electron chi connectivity index (χ0n) is 16.4. The quantitative estimate of drug-likeness (QED) is 0.737. The van der Waals surface area contributed by atoms with E-state index in [-0.39, 0.29) is 42.0 Å². The molecule has 0 radical (unpaired) electrons. The molecule has 0 bridgehead atoms. The number of imide groups is 1. The summed E-state index contributed by atoms with van der Waals surface area (Å²) in [4.78, 5) is 41.0. The minimum atomic E-state index is -0.198. The summed E-state index contributed by atoms with van der Waals surface area (Å²) in [6, 6.07) is 5.82. The molecule has 0 aromatic carbocycles. The molecule has 8 nitrogen and oxygen atoms in total. The summed E-state index contributed by atoms with van der Waals surface area (Å²) in [6.45, 7) is 1.10. The van der Waals surface area contributed by atoms with Crippen LogP contribution in [-0.4, -0.2) is 61.8 Å². The van der Waals surface area contributed by atoms with E-state index < -0.39 is 0 Å². The maximum absolute atomic E-state index is 12.8. The molecule has 4 heterocycles. The summed E-state index contributed by atoms with van der Waals surface area (Å²) < 4.78 is 2.01. The molecule has 1 aliphatic carbocycles. The second-order valence-corrected chi connectivity index (χ2v) is 8.40. The fourth-order valence-corrected chi connectivity index (χ4v) is 5.15. The van der Waals surface area contributed by atoms with Crippen molar-refractivity contribution in [2.75, 3.05) is 19.6 Å². The Hall–Kier alpha value is -2.77. The molecule has 0 N–H and O–H groups in total. The molecule has 29 heavy (non-hydrogen) atoms. The van der Waals surface area contributed by atoms with Crippen LogP contribution < -0.4 is 0 Å². The zero-order chi connectivity index (χ0) is 20.0. The van der Waals surface area contributed by atoms with Crippen molar-refractivity contribution in [3.05, 3.63) is 30.2 Å². The van der Waals surface area contributed by atoms with Gasteiger partial charge in [0, 0.05) is 25.2 Å². The second-order valence-electron chi connectivity index (χ2n) is 8.40. The van der Waals surface area contributed by atoms with Gasteiger partial charge in [0.2, 0.25) is 17.7 Å². The van der Waals surface area contributed by atoms with E-state index in [1.54, 1.807) is 4.90 Å². The Morgan fingerprint density at radius 3 is 2.34 bits per heavy atom. The summed E-state index contributed by atoms with van der Waals surface area (Å²) in [5.74, 6) is 0.369. The lowest BCUT2D eigenvalue weighted by atomic mass is 9.81. The maximum atomic E-state index is 12.8. The highest BCUT2D eigenvalue weighted by Gasteiger charge is 2.48. The average molecular weight is 395 g/mol. The van der Waals surface area contributed by atoms with Gasteiger partial charge in [0.25, 0.3) is 0 Å². The third-order valence-corrected chi connectivity index (χ3v) is 6.78. The number of piperidine rings is 1. The molecule has 2 atom stereocenters. The molecule has 5 rings (SSSR count). The van der Waals surface area contributed by atoms with Gasteiger partial charge >= 0.3 is 0 Å². The number of fused-ring (bicyclic) bond motifs is 2. The number of nitrogens with zero attached hydrogens (tertiary/aromatic N) is 5. The molecule has 3 fully saturated rings. The Balaban J connectivity index is 1.21. The molecule has 2 saturated heterocycles. The molecular weight excluding hydrogens is 370 g/mol. The van der Waals surface area contributed by atoms with Crippen LogP contribution in [0.5, 0.6) is 0 Å². The number of hydrogen-bond donors (Lipinski definition) is 0. The van der Waals surface area contributed by atoms with Gasteiger partial charge in [-0.1, -0.05) is 18.9 Å². The summed E-state index contributed by atoms with van der Waals surface area (Å²) in [7, 11) is 0. The third-order valence-electron chi connectivity index (χ3n) is 6.78. The normalized spacial score (nSPS) is 25.7. The van der Waals surface area contributed by atoms with Crippen LogP contribution in [-0.2, 0) is 14.4 Å². The molecule has 0 spiro atoms. The number of amides is 3. The van der Waals surface area contributed by atoms with Crippen molar-refractivity contribution in [2.24, 2.45) is 11.8 Å². The molecule has 1 saturated carbocycles. The van der Waals surface area contributed by atoms with Crippen LogP contribution in [0.2, 0.25) is 0 Å². The molecule has 3 amide bonds. The third kappa shape index (κ3) is 3.10. The SMILES string of the molecule is O=C(CN1C(=O)[C@@H]2CCCC[C@H]2C1=O)N1CCC(c2nnc3ccccn23)CC1. The van der Waals surface area contributed by atoms with Crippen molar-refractivity contribution in [2.45, 2.75) is 44.4 Å². The highest BCUT2D eigenvalue weighted by molar-refractivity contribution is 6.07. The van der Waals surface area contributed by atoms with Crippen molar-refractivity contribution in [1.82, 2.24) is 24.4 Å². The van der Waals surface area contributed by atoms with Gasteiger partial charge in [-0.05, 0) is 37.8 Å². The molecule has 2 aromatic heterocycles. The van der Waals surface area contributed by atoms with E-state index in [2.05, 4.69) is 10.2 Å². The second kappa shape index (κ2) is 7.24. The summed E-state index contributed by atoms with van der Waals surface area (Å²) >= 11 is 0. The maximum Gasteiger partial charge on any atom is 0.242 e. The van der Waals surface area contributed by atoms with Gasteiger partial charge in [-0.3, -0.25) is 23.7 Å². The molecule has 2 aliphatic heterocycles. The number of pyridine rings is 1. The van der Waals surface area contributed by atoms with Crippen LogP contribution in [0.4, 0.5) is 0 Å². The predicted molar refractivity (Wildman–Crippen MR) is 104 cm³/mol. The number of carbonyl (C=O) groups excluding carboxylic acids is 3. The first kappa shape index (κ1) is 18.3. The van der Waals surface area contributed by atoms with E-state index in [0.717, 1.165) is 50.0 Å². The summed E-state index contributed by atoms with van der Waals surface area (Å²) in [5, 5.41) is 8.56. The predicted octanol–water partition coefficient (Wildman–Crippen LogP) is 1.61. The molecule has 8 heteroatoms. The van der Waals surface area contributed by atoms with Crippen LogP contribution in [0.15, 0.2) is 24.4 Å². The van der Waals surface area contributed by atoms with Crippen molar-refractivity contribution in [3.63, 3.8) is 0 Å². The van der Waals surface area contributed by atoms with E-state index in [1.807, 2.05) is 28.8 Å². The van der Waals surface area contributed by atoms with Crippen molar-refractivity contribution in [3.8, 4) is 0 Å². The Morgan fingerprint density at radius 1 is 0.966 bits per heavy atom. The summed E-state index contributed by atoms with van der Waals surface area (Å²) in [6.07, 6.45) is 7.10. The Bertz CT molecular complexity index is 938. The van der Waals surface area contributed by atoms with Crippen molar-refractivity contribution in [1.29, 1.82) is 0 Å². The lowest BCUT2D eigenvalue weighted by Gasteiger charge is -2.32. The highest BCUT2D eigenvalue weighted by Crippen LogP contribution is 2.38. The lowest BCUT2D eigenvalue weighted by molar-refractivity contribution is -0.147. The minimum Gasteiger partial charge on any atom is -0.341 e. The summed E-state index contributed by atoms with van der Waals surface area (Å²) in [5.41, 5.74) is 0.827. The van der Waals surface area contributed by atoms with E-state index in [1.165, 1.54) is 4.90 Å². The van der Waals surface area contributed by atoms with Gasteiger partial charge in [0.05, 0.1) is 11.8 Å². The number of hydrogen-bond acceptors (Lipinski definition) is 5. The van der Waals surface area contributed by atoms with Crippen LogP contribution >= 0.6 is 0 Å². The van der Waals surface area contributed by atoms with Crippen LogP contribution in [0.1, 0.15) is 50.3 Å². The van der Waals surface area contributed by atoms with Gasteiger partial charge in [-0.15, -0.1) is 10.2 Å². The first-order valence-electron chi connectivity index (χ1n) is 10.6. The monoisotopic (exact) mass is 395 g/mol. The number of aromatic nitrogens is 3. The first-order valence-corrected chi connectivity index (χ1v) is 10.6. The van der Waals surface area contributed by atoms with Crippen LogP contribution in [0, 0.1) is 11.8 Å². The smallest absolute Gasteiger partial charge is 0.242 e. The lowest BCUT2D eigenvalue weighted by Crippen LogP contribution is -2.45. The van der Waals surface area contributed by atoms with Crippen LogP contribution in [0.25, 0.3) is 5.65 Å². The fourth-order valence-electron chi connectivity index (χ4n) is 5.15. The molecular formula is C21H25N5O3.